The van der Waals surface area contributed by atoms with E-state index in [1.165, 1.54) is 6.07 Å². The lowest BCUT2D eigenvalue weighted by atomic mass is 9.76. The van der Waals surface area contributed by atoms with E-state index in [9.17, 15) is 17.6 Å². The summed E-state index contributed by atoms with van der Waals surface area (Å²) in [6.07, 6.45) is -1.33. The standard InChI is InChI=1S/C16H20F4N2.ClH/c17-14-10-12(16(18,19)20)4-5-13(14)15(11-2-1-3-11)22-8-6-21-7-9-22;/h4-5,10-11,15,21H,1-3,6-9H2;1H/t15-;/m1./s1. The second-order valence-electron chi connectivity index (χ2n) is 6.16. The number of nitrogens with one attached hydrogen (secondary N) is 1. The van der Waals surface area contributed by atoms with Crippen LogP contribution in [0, 0.1) is 11.7 Å². The highest BCUT2D eigenvalue weighted by molar-refractivity contribution is 5.85. The van der Waals surface area contributed by atoms with Crippen LogP contribution in [0.15, 0.2) is 18.2 Å². The molecule has 0 aromatic heterocycles. The smallest absolute Gasteiger partial charge is 0.314 e. The van der Waals surface area contributed by atoms with E-state index in [1.807, 2.05) is 0 Å². The van der Waals surface area contributed by atoms with Gasteiger partial charge >= 0.3 is 6.18 Å². The van der Waals surface area contributed by atoms with Gasteiger partial charge in [0, 0.05) is 37.8 Å². The van der Waals surface area contributed by atoms with E-state index < -0.39 is 17.6 Å². The monoisotopic (exact) mass is 352 g/mol. The summed E-state index contributed by atoms with van der Waals surface area (Å²) < 4.78 is 52.5. The Bertz CT molecular complexity index is 525. The first-order chi connectivity index (χ1) is 10.5. The van der Waals surface area contributed by atoms with E-state index in [-0.39, 0.29) is 18.4 Å². The van der Waals surface area contributed by atoms with Crippen molar-refractivity contribution in [2.24, 2.45) is 5.92 Å². The average Bonchev–Trinajstić information content (AvgIpc) is 2.43. The van der Waals surface area contributed by atoms with Gasteiger partial charge in [0.2, 0.25) is 0 Å². The quantitative estimate of drug-likeness (QED) is 0.827. The molecule has 1 aliphatic heterocycles. The summed E-state index contributed by atoms with van der Waals surface area (Å²) in [6, 6.07) is 2.89. The minimum atomic E-state index is -4.50. The molecule has 2 fully saturated rings. The van der Waals surface area contributed by atoms with E-state index in [0.717, 1.165) is 51.5 Å². The highest BCUT2D eigenvalue weighted by Gasteiger charge is 2.37. The van der Waals surface area contributed by atoms with Gasteiger partial charge in [-0.1, -0.05) is 12.5 Å². The number of hydrogen-bond donors (Lipinski definition) is 1. The minimum absolute atomic E-state index is 0. The third kappa shape index (κ3) is 3.98. The van der Waals surface area contributed by atoms with Gasteiger partial charge in [0.15, 0.2) is 0 Å². The fourth-order valence-electron chi connectivity index (χ4n) is 3.41. The van der Waals surface area contributed by atoms with Gasteiger partial charge in [0.05, 0.1) is 5.56 Å². The normalized spacial score (nSPS) is 21.4. The van der Waals surface area contributed by atoms with E-state index in [4.69, 9.17) is 0 Å². The molecule has 1 aromatic rings. The molecular formula is C16H21ClF4N2. The molecule has 1 aliphatic carbocycles. The first-order valence-electron chi connectivity index (χ1n) is 7.78. The van der Waals surface area contributed by atoms with Gasteiger partial charge in [-0.2, -0.15) is 13.2 Å². The van der Waals surface area contributed by atoms with Gasteiger partial charge < -0.3 is 5.32 Å². The van der Waals surface area contributed by atoms with E-state index in [0.29, 0.717) is 17.5 Å². The number of hydrogen-bond acceptors (Lipinski definition) is 2. The lowest BCUT2D eigenvalue weighted by Gasteiger charge is -2.43. The Morgan fingerprint density at radius 3 is 2.26 bits per heavy atom. The summed E-state index contributed by atoms with van der Waals surface area (Å²) in [5, 5.41) is 3.26. The molecule has 3 rings (SSSR count). The molecule has 1 atom stereocenters. The predicted molar refractivity (Wildman–Crippen MR) is 83.2 cm³/mol. The number of rotatable bonds is 3. The Morgan fingerprint density at radius 1 is 1.13 bits per heavy atom. The van der Waals surface area contributed by atoms with Crippen LogP contribution < -0.4 is 5.32 Å². The molecule has 7 heteroatoms. The maximum absolute atomic E-state index is 14.4. The van der Waals surface area contributed by atoms with Crippen LogP contribution in [0.4, 0.5) is 17.6 Å². The van der Waals surface area contributed by atoms with Gasteiger partial charge in [-0.25, -0.2) is 4.39 Å². The maximum Gasteiger partial charge on any atom is 0.416 e. The fraction of sp³-hybridized carbons (Fsp3) is 0.625. The molecule has 23 heavy (non-hydrogen) atoms. The van der Waals surface area contributed by atoms with Gasteiger partial charge in [0.25, 0.3) is 0 Å². The van der Waals surface area contributed by atoms with Crippen LogP contribution in [0.2, 0.25) is 0 Å². The molecule has 1 saturated heterocycles. The molecule has 2 nitrogen and oxygen atoms in total. The molecule has 0 radical (unpaired) electrons. The molecule has 1 saturated carbocycles. The molecule has 2 aliphatic rings. The van der Waals surface area contributed by atoms with Crippen molar-refractivity contribution in [3.05, 3.63) is 35.1 Å². The van der Waals surface area contributed by atoms with Crippen LogP contribution >= 0.6 is 12.4 Å². The zero-order valence-electron chi connectivity index (χ0n) is 12.7. The Kier molecular flexibility index (Phi) is 5.92. The van der Waals surface area contributed by atoms with Gasteiger partial charge in [-0.05, 0) is 30.9 Å². The lowest BCUT2D eigenvalue weighted by Crippen LogP contribution is -2.48. The summed E-state index contributed by atoms with van der Waals surface area (Å²) in [6.45, 7) is 3.29. The summed E-state index contributed by atoms with van der Waals surface area (Å²) in [7, 11) is 0. The first-order valence-corrected chi connectivity index (χ1v) is 7.78. The number of alkyl halides is 3. The van der Waals surface area contributed by atoms with Gasteiger partial charge in [-0.15, -0.1) is 12.4 Å². The maximum atomic E-state index is 14.4. The third-order valence-corrected chi connectivity index (χ3v) is 4.79. The largest absolute Gasteiger partial charge is 0.416 e. The summed E-state index contributed by atoms with van der Waals surface area (Å²) in [4.78, 5) is 2.21. The minimum Gasteiger partial charge on any atom is -0.314 e. The SMILES string of the molecule is Cl.Fc1cc(C(F)(F)F)ccc1[C@@H](C1CCC1)N1CCNCC1. The van der Waals surface area contributed by atoms with Crippen LogP contribution in [-0.2, 0) is 6.18 Å². The third-order valence-electron chi connectivity index (χ3n) is 4.79. The fourth-order valence-corrected chi connectivity index (χ4v) is 3.41. The van der Waals surface area contributed by atoms with Crippen LogP contribution in [0.3, 0.4) is 0 Å². The van der Waals surface area contributed by atoms with Crippen molar-refractivity contribution >= 4 is 12.4 Å². The van der Waals surface area contributed by atoms with Crippen LogP contribution in [-0.4, -0.2) is 31.1 Å². The van der Waals surface area contributed by atoms with Crippen LogP contribution in [0.5, 0.6) is 0 Å². The summed E-state index contributed by atoms with van der Waals surface area (Å²) in [5.41, 5.74) is -0.499. The molecule has 0 amide bonds. The average molecular weight is 353 g/mol. The zero-order chi connectivity index (χ0) is 15.7. The van der Waals surface area contributed by atoms with Crippen molar-refractivity contribution < 1.29 is 17.6 Å². The number of nitrogens with zero attached hydrogens (tertiary/aromatic N) is 1. The van der Waals surface area contributed by atoms with E-state index >= 15 is 0 Å². The van der Waals surface area contributed by atoms with Crippen molar-refractivity contribution in [2.75, 3.05) is 26.2 Å². The highest BCUT2D eigenvalue weighted by atomic mass is 35.5. The van der Waals surface area contributed by atoms with Crippen LogP contribution in [0.25, 0.3) is 0 Å². The second kappa shape index (κ2) is 7.36. The molecule has 0 spiro atoms. The molecule has 1 aromatic carbocycles. The Morgan fingerprint density at radius 2 is 1.78 bits per heavy atom. The number of piperazine rings is 1. The molecule has 130 valence electrons. The Balaban J connectivity index is 0.00000192. The summed E-state index contributed by atoms with van der Waals surface area (Å²) in [5.74, 6) is -0.380. The van der Waals surface area contributed by atoms with Crippen molar-refractivity contribution in [1.29, 1.82) is 0 Å². The zero-order valence-corrected chi connectivity index (χ0v) is 13.5. The van der Waals surface area contributed by atoms with E-state index in [2.05, 4.69) is 10.2 Å². The van der Waals surface area contributed by atoms with Crippen molar-refractivity contribution in [1.82, 2.24) is 10.2 Å². The van der Waals surface area contributed by atoms with Crippen molar-refractivity contribution in [3.63, 3.8) is 0 Å². The topological polar surface area (TPSA) is 15.3 Å². The summed E-state index contributed by atoms with van der Waals surface area (Å²) >= 11 is 0. The molecule has 1 N–H and O–H groups in total. The molecular weight excluding hydrogens is 332 g/mol. The first kappa shape index (κ1) is 18.5. The molecule has 1 heterocycles. The van der Waals surface area contributed by atoms with Crippen LogP contribution in [0.1, 0.15) is 36.4 Å². The van der Waals surface area contributed by atoms with Crippen molar-refractivity contribution in [2.45, 2.75) is 31.5 Å². The predicted octanol–water partition coefficient (Wildman–Crippen LogP) is 4.01. The number of benzene rings is 1. The van der Waals surface area contributed by atoms with E-state index in [1.54, 1.807) is 0 Å². The molecule has 0 bridgehead atoms. The van der Waals surface area contributed by atoms with Gasteiger partial charge in [0.1, 0.15) is 5.82 Å². The lowest BCUT2D eigenvalue weighted by molar-refractivity contribution is -0.137. The second-order valence-corrected chi connectivity index (χ2v) is 6.16. The highest BCUT2D eigenvalue weighted by Crippen LogP contribution is 2.43. The van der Waals surface area contributed by atoms with Crippen molar-refractivity contribution in [3.8, 4) is 0 Å². The molecule has 0 unspecified atom stereocenters. The van der Waals surface area contributed by atoms with Gasteiger partial charge in [-0.3, -0.25) is 4.90 Å². The Labute approximate surface area is 139 Å². The number of halogens is 5. The Hall–Kier alpha value is -0.850.